The zero-order valence-corrected chi connectivity index (χ0v) is 19.3. The lowest BCUT2D eigenvalue weighted by molar-refractivity contribution is 0.180. The topological polar surface area (TPSA) is 79.6 Å². The van der Waals surface area contributed by atoms with Crippen LogP contribution in [0.15, 0.2) is 41.7 Å². The summed E-state index contributed by atoms with van der Waals surface area (Å²) in [6, 6.07) is 10.0. The molecule has 0 unspecified atom stereocenters. The number of halogens is 1. The molecule has 0 amide bonds. The van der Waals surface area contributed by atoms with Crippen LogP contribution >= 0.6 is 24.0 Å². The van der Waals surface area contributed by atoms with Gasteiger partial charge in [-0.3, -0.25) is 4.57 Å². The molecule has 0 aliphatic heterocycles. The molecule has 2 aromatic rings. The maximum Gasteiger partial charge on any atom is 0.191 e. The molecule has 1 heterocycles. The second kappa shape index (κ2) is 14.3. The van der Waals surface area contributed by atoms with Crippen molar-refractivity contribution in [2.24, 2.45) is 4.99 Å². The second-order valence-corrected chi connectivity index (χ2v) is 6.22. The molecular weight excluding hydrogens is 469 g/mol. The second-order valence-electron chi connectivity index (χ2n) is 6.22. The molecule has 1 aromatic heterocycles. The Morgan fingerprint density at radius 1 is 1.21 bits per heavy atom. The average molecular weight is 501 g/mol. The van der Waals surface area contributed by atoms with Crippen molar-refractivity contribution in [1.29, 1.82) is 0 Å². The first-order chi connectivity index (χ1) is 13.2. The van der Waals surface area contributed by atoms with Crippen LogP contribution in [0.4, 0.5) is 0 Å². The minimum Gasteiger partial charge on any atom is -0.385 e. The van der Waals surface area contributed by atoms with Gasteiger partial charge in [0.1, 0.15) is 12.9 Å². The number of aliphatic imine (C=N–C) groups is 1. The Balaban J connectivity index is 0.00000392. The van der Waals surface area contributed by atoms with Gasteiger partial charge >= 0.3 is 0 Å². The molecule has 1 aromatic carbocycles. The van der Waals surface area contributed by atoms with Crippen molar-refractivity contribution in [1.82, 2.24) is 30.3 Å². The predicted molar refractivity (Wildman–Crippen MR) is 124 cm³/mol. The Labute approximate surface area is 184 Å². The molecule has 0 atom stereocenters. The summed E-state index contributed by atoms with van der Waals surface area (Å²) in [7, 11) is 3.85. The van der Waals surface area contributed by atoms with Crippen molar-refractivity contribution in [3.05, 3.63) is 42.5 Å². The summed E-state index contributed by atoms with van der Waals surface area (Å²) in [5, 5.41) is 14.9. The zero-order valence-electron chi connectivity index (χ0n) is 17.0. The highest BCUT2D eigenvalue weighted by molar-refractivity contribution is 14.0. The third-order valence-corrected chi connectivity index (χ3v) is 4.05. The molecule has 0 radical (unpaired) electrons. The van der Waals surface area contributed by atoms with Gasteiger partial charge in [0.05, 0.1) is 0 Å². The normalized spacial score (nSPS) is 11.4. The Morgan fingerprint density at radius 2 is 2.00 bits per heavy atom. The number of likely N-dealkylation sites (N-methyl/N-ethyl adjacent to an activating group) is 1. The van der Waals surface area contributed by atoms with Crippen molar-refractivity contribution < 1.29 is 4.74 Å². The van der Waals surface area contributed by atoms with E-state index in [0.29, 0.717) is 6.54 Å². The van der Waals surface area contributed by atoms with E-state index in [1.165, 1.54) is 0 Å². The van der Waals surface area contributed by atoms with Crippen LogP contribution in [0.1, 0.15) is 19.2 Å². The Bertz CT molecular complexity index is 678. The van der Waals surface area contributed by atoms with Crippen LogP contribution in [0.25, 0.3) is 5.69 Å². The van der Waals surface area contributed by atoms with Crippen LogP contribution in [0.5, 0.6) is 0 Å². The quantitative estimate of drug-likeness (QED) is 0.212. The average Bonchev–Trinajstić information content (AvgIpc) is 3.15. The molecule has 28 heavy (non-hydrogen) atoms. The van der Waals surface area contributed by atoms with Gasteiger partial charge in [0.2, 0.25) is 0 Å². The fourth-order valence-electron chi connectivity index (χ4n) is 2.62. The summed E-state index contributed by atoms with van der Waals surface area (Å²) in [4.78, 5) is 6.93. The van der Waals surface area contributed by atoms with E-state index >= 15 is 0 Å². The molecule has 8 nitrogen and oxygen atoms in total. The van der Waals surface area contributed by atoms with Crippen LogP contribution < -0.4 is 10.6 Å². The smallest absolute Gasteiger partial charge is 0.191 e. The first-order valence-corrected chi connectivity index (χ1v) is 9.38. The van der Waals surface area contributed by atoms with E-state index in [9.17, 15) is 0 Å². The summed E-state index contributed by atoms with van der Waals surface area (Å²) in [6.07, 6.45) is 2.76. The SMILES string of the molecule is CCNC(=NCc1nncn1-c1ccccc1)NCCN(C)CCCOC.I. The summed E-state index contributed by atoms with van der Waals surface area (Å²) in [5.74, 6) is 1.58. The number of methoxy groups -OCH3 is 1. The molecule has 9 heteroatoms. The van der Waals surface area contributed by atoms with E-state index < -0.39 is 0 Å². The molecule has 0 aliphatic rings. The van der Waals surface area contributed by atoms with E-state index in [1.54, 1.807) is 13.4 Å². The first-order valence-electron chi connectivity index (χ1n) is 9.38. The van der Waals surface area contributed by atoms with Crippen LogP contribution in [0.3, 0.4) is 0 Å². The molecule has 0 saturated heterocycles. The Hall–Kier alpha value is -1.72. The highest BCUT2D eigenvalue weighted by Crippen LogP contribution is 2.09. The fraction of sp³-hybridized carbons (Fsp3) is 0.526. The van der Waals surface area contributed by atoms with Crippen molar-refractivity contribution in [3.63, 3.8) is 0 Å². The van der Waals surface area contributed by atoms with Gasteiger partial charge in [0, 0.05) is 45.6 Å². The van der Waals surface area contributed by atoms with Gasteiger partial charge in [-0.2, -0.15) is 0 Å². The number of rotatable bonds is 11. The molecule has 0 saturated carbocycles. The summed E-state index contributed by atoms with van der Waals surface area (Å²) < 4.78 is 7.05. The van der Waals surface area contributed by atoms with Gasteiger partial charge in [-0.15, -0.1) is 34.2 Å². The summed E-state index contributed by atoms with van der Waals surface area (Å²) in [5.41, 5.74) is 1.03. The number of aromatic nitrogens is 3. The predicted octanol–water partition coefficient (Wildman–Crippen LogP) is 1.91. The minimum atomic E-state index is 0. The minimum absolute atomic E-state index is 0. The van der Waals surface area contributed by atoms with E-state index in [-0.39, 0.29) is 24.0 Å². The van der Waals surface area contributed by atoms with Crippen LogP contribution in [-0.2, 0) is 11.3 Å². The molecule has 156 valence electrons. The molecule has 0 bridgehead atoms. The van der Waals surface area contributed by atoms with Gasteiger partial charge in [0.15, 0.2) is 11.8 Å². The third kappa shape index (κ3) is 8.53. The molecule has 0 spiro atoms. The van der Waals surface area contributed by atoms with Crippen molar-refractivity contribution in [2.75, 3.05) is 46.9 Å². The van der Waals surface area contributed by atoms with Gasteiger partial charge < -0.3 is 20.3 Å². The van der Waals surface area contributed by atoms with Crippen molar-refractivity contribution >= 4 is 29.9 Å². The molecular formula is C19H32IN7O. The van der Waals surface area contributed by atoms with Crippen LogP contribution in [0.2, 0.25) is 0 Å². The number of para-hydroxylation sites is 1. The highest BCUT2D eigenvalue weighted by Gasteiger charge is 2.06. The van der Waals surface area contributed by atoms with E-state index in [4.69, 9.17) is 4.74 Å². The number of benzene rings is 1. The lowest BCUT2D eigenvalue weighted by atomic mass is 10.3. The summed E-state index contributed by atoms with van der Waals surface area (Å²) in [6.45, 7) is 6.89. The fourth-order valence-corrected chi connectivity index (χ4v) is 2.62. The molecule has 0 aliphatic carbocycles. The number of hydrogen-bond donors (Lipinski definition) is 2. The highest BCUT2D eigenvalue weighted by atomic mass is 127. The number of nitrogens with zero attached hydrogens (tertiary/aromatic N) is 5. The van der Waals surface area contributed by atoms with Gasteiger partial charge in [-0.25, -0.2) is 4.99 Å². The molecule has 2 N–H and O–H groups in total. The Kier molecular flexibility index (Phi) is 12.4. The lowest BCUT2D eigenvalue weighted by Crippen LogP contribution is -2.41. The number of guanidine groups is 1. The van der Waals surface area contributed by atoms with E-state index in [0.717, 1.165) is 56.7 Å². The maximum atomic E-state index is 5.09. The summed E-state index contributed by atoms with van der Waals surface area (Å²) >= 11 is 0. The third-order valence-electron chi connectivity index (χ3n) is 4.05. The maximum absolute atomic E-state index is 5.09. The standard InChI is InChI=1S/C19H31N7O.HI/c1-4-20-19(21-11-13-25(2)12-8-14-27-3)22-15-18-24-23-16-26(18)17-9-6-5-7-10-17;/h5-7,9-10,16H,4,8,11-15H2,1-3H3,(H2,20,21,22);1H. The number of hydrogen-bond acceptors (Lipinski definition) is 5. The van der Waals surface area contributed by atoms with Gasteiger partial charge in [-0.1, -0.05) is 18.2 Å². The monoisotopic (exact) mass is 501 g/mol. The largest absolute Gasteiger partial charge is 0.385 e. The number of ether oxygens (including phenoxy) is 1. The van der Waals surface area contributed by atoms with Crippen molar-refractivity contribution in [3.8, 4) is 5.69 Å². The molecule has 0 fully saturated rings. The van der Waals surface area contributed by atoms with E-state index in [2.05, 4.69) is 44.7 Å². The van der Waals surface area contributed by atoms with Crippen LogP contribution in [-0.4, -0.2) is 72.6 Å². The van der Waals surface area contributed by atoms with E-state index in [1.807, 2.05) is 34.9 Å². The molecule has 2 rings (SSSR count). The van der Waals surface area contributed by atoms with Gasteiger partial charge in [0.25, 0.3) is 0 Å². The Morgan fingerprint density at radius 3 is 2.71 bits per heavy atom. The first kappa shape index (κ1) is 24.3. The van der Waals surface area contributed by atoms with Crippen LogP contribution in [0, 0.1) is 0 Å². The van der Waals surface area contributed by atoms with Crippen molar-refractivity contribution in [2.45, 2.75) is 19.9 Å². The van der Waals surface area contributed by atoms with Gasteiger partial charge in [-0.05, 0) is 32.5 Å². The number of nitrogens with one attached hydrogen (secondary N) is 2. The zero-order chi connectivity index (χ0) is 19.3. The lowest BCUT2D eigenvalue weighted by Gasteiger charge is -2.18.